The zero-order valence-electron chi connectivity index (χ0n) is 16.7. The molecule has 1 aromatic carbocycles. The third kappa shape index (κ3) is 3.65. The van der Waals surface area contributed by atoms with E-state index in [-0.39, 0.29) is 12.2 Å². The van der Waals surface area contributed by atoms with E-state index in [1.54, 1.807) is 14.0 Å². The summed E-state index contributed by atoms with van der Waals surface area (Å²) in [6, 6.07) is 8.62. The molecule has 2 aromatic heterocycles. The highest BCUT2D eigenvalue weighted by molar-refractivity contribution is 7.20. The van der Waals surface area contributed by atoms with Gasteiger partial charge in [-0.2, -0.15) is 0 Å². The van der Waals surface area contributed by atoms with Gasteiger partial charge in [0.1, 0.15) is 22.1 Å². The number of H-pyrrole nitrogens is 1. The normalized spacial score (nSPS) is 15.7. The Balaban J connectivity index is 1.64. The van der Waals surface area contributed by atoms with Gasteiger partial charge >= 0.3 is 5.97 Å². The highest BCUT2D eigenvalue weighted by Crippen LogP contribution is 2.33. The first-order chi connectivity index (χ1) is 14.0. The van der Waals surface area contributed by atoms with Crippen LogP contribution in [0.2, 0.25) is 0 Å². The molecule has 1 unspecified atom stereocenters. The number of ether oxygens (including phenoxy) is 2. The first-order valence-electron chi connectivity index (χ1n) is 9.52. The molecular formula is C21H23N3O4S. The molecule has 29 heavy (non-hydrogen) atoms. The zero-order valence-corrected chi connectivity index (χ0v) is 17.5. The van der Waals surface area contributed by atoms with Crippen LogP contribution in [0.5, 0.6) is 0 Å². The predicted octanol–water partition coefficient (Wildman–Crippen LogP) is 3.05. The van der Waals surface area contributed by atoms with Gasteiger partial charge in [-0.3, -0.25) is 4.79 Å². The van der Waals surface area contributed by atoms with Gasteiger partial charge in [0.15, 0.2) is 0 Å². The Bertz CT molecular complexity index is 1120. The zero-order chi connectivity index (χ0) is 20.5. The van der Waals surface area contributed by atoms with Gasteiger partial charge in [0.05, 0.1) is 18.5 Å². The Labute approximate surface area is 172 Å². The summed E-state index contributed by atoms with van der Waals surface area (Å²) in [7, 11) is 1.54. The molecule has 0 saturated carbocycles. The maximum atomic E-state index is 12.7. The fraction of sp³-hybridized carbons (Fsp3) is 0.381. The second kappa shape index (κ2) is 7.96. The molecule has 0 radical (unpaired) electrons. The number of hydrogen-bond acceptors (Lipinski definition) is 7. The van der Waals surface area contributed by atoms with Gasteiger partial charge in [0.25, 0.3) is 5.56 Å². The minimum atomic E-state index is -0.453. The number of nitrogens with zero attached hydrogens (tertiary/aromatic N) is 2. The van der Waals surface area contributed by atoms with Crippen molar-refractivity contribution in [3.8, 4) is 0 Å². The Hall–Kier alpha value is -2.71. The van der Waals surface area contributed by atoms with E-state index in [1.165, 1.54) is 22.6 Å². The second-order valence-corrected chi connectivity index (χ2v) is 8.19. The number of carbonyl (C=O) groups excluding carboxylic acids is 1. The minimum Gasteiger partial charge on any atom is -0.459 e. The van der Waals surface area contributed by atoms with Crippen LogP contribution >= 0.6 is 11.3 Å². The van der Waals surface area contributed by atoms with Crippen LogP contribution in [0, 0.1) is 6.92 Å². The molecule has 3 aromatic rings. The molecule has 1 aliphatic heterocycles. The number of aromatic nitrogens is 2. The number of carbonyl (C=O) groups is 1. The maximum Gasteiger partial charge on any atom is 0.348 e. The van der Waals surface area contributed by atoms with Gasteiger partial charge in [0, 0.05) is 18.8 Å². The third-order valence-electron chi connectivity index (χ3n) is 5.22. The monoisotopic (exact) mass is 413 g/mol. The lowest BCUT2D eigenvalue weighted by molar-refractivity contribution is 0.0393. The van der Waals surface area contributed by atoms with Crippen LogP contribution in [0.25, 0.3) is 10.2 Å². The highest BCUT2D eigenvalue weighted by Gasteiger charge is 2.27. The molecule has 0 bridgehead atoms. The highest BCUT2D eigenvalue weighted by atomic mass is 32.1. The molecule has 1 N–H and O–H groups in total. The van der Waals surface area contributed by atoms with E-state index in [4.69, 9.17) is 9.47 Å². The topological polar surface area (TPSA) is 84.5 Å². The van der Waals surface area contributed by atoms with Crippen molar-refractivity contribution >= 4 is 33.2 Å². The summed E-state index contributed by atoms with van der Waals surface area (Å²) in [6.07, 6.45) is 0.970. The van der Waals surface area contributed by atoms with Gasteiger partial charge in [-0.15, -0.1) is 11.3 Å². The molecule has 7 nitrogen and oxygen atoms in total. The second-order valence-electron chi connectivity index (χ2n) is 7.19. The number of hydrogen-bond donors (Lipinski definition) is 1. The summed E-state index contributed by atoms with van der Waals surface area (Å²) in [5, 5.41) is 0.451. The molecular weight excluding hydrogens is 390 g/mol. The summed E-state index contributed by atoms with van der Waals surface area (Å²) < 4.78 is 10.1. The Morgan fingerprint density at radius 3 is 2.93 bits per heavy atom. The quantitative estimate of drug-likeness (QED) is 0.494. The number of methoxy groups -OCH3 is 1. The van der Waals surface area contributed by atoms with E-state index in [9.17, 15) is 9.59 Å². The Kier molecular flexibility index (Phi) is 5.38. The number of anilines is 1. The van der Waals surface area contributed by atoms with Gasteiger partial charge in [-0.05, 0) is 37.5 Å². The standard InChI is InChI=1S/C21H23N3O4S/c1-12-10-14-6-4-5-7-15(14)24(12)11-16-22-19(25)17-13(2)18(29-20(17)23-16)21(26)28-9-8-27-3/h4-7,12H,8-11H2,1-3H3,(H,22,23,25). The molecule has 0 amide bonds. The largest absolute Gasteiger partial charge is 0.459 e. The van der Waals surface area contributed by atoms with Gasteiger partial charge in [-0.1, -0.05) is 18.2 Å². The number of rotatable bonds is 6. The SMILES string of the molecule is COCCOC(=O)c1sc2nc(CN3c4ccccc4CC3C)[nH]c(=O)c2c1C. The van der Waals surface area contributed by atoms with Crippen molar-refractivity contribution in [1.82, 2.24) is 9.97 Å². The lowest BCUT2D eigenvalue weighted by Crippen LogP contribution is -2.30. The number of aromatic amines is 1. The summed E-state index contributed by atoms with van der Waals surface area (Å²) >= 11 is 1.20. The lowest BCUT2D eigenvalue weighted by Gasteiger charge is -2.24. The molecule has 0 aliphatic carbocycles. The minimum absolute atomic E-state index is 0.171. The van der Waals surface area contributed by atoms with Crippen molar-refractivity contribution in [1.29, 1.82) is 0 Å². The lowest BCUT2D eigenvalue weighted by atomic mass is 10.1. The fourth-order valence-electron chi connectivity index (χ4n) is 3.77. The average Bonchev–Trinajstić information content (AvgIpc) is 3.19. The molecule has 152 valence electrons. The van der Waals surface area contributed by atoms with E-state index in [0.717, 1.165) is 6.42 Å². The van der Waals surface area contributed by atoms with Crippen molar-refractivity contribution in [2.24, 2.45) is 0 Å². The molecule has 0 saturated heterocycles. The first kappa shape index (κ1) is 19.6. The van der Waals surface area contributed by atoms with E-state index in [1.807, 2.05) is 12.1 Å². The number of para-hydroxylation sites is 1. The number of nitrogens with one attached hydrogen (secondary N) is 1. The van der Waals surface area contributed by atoms with Crippen molar-refractivity contribution in [3.63, 3.8) is 0 Å². The molecule has 3 heterocycles. The van der Waals surface area contributed by atoms with E-state index in [2.05, 4.69) is 33.9 Å². The van der Waals surface area contributed by atoms with Crippen LogP contribution in [0.1, 0.15) is 33.5 Å². The Morgan fingerprint density at radius 1 is 1.34 bits per heavy atom. The van der Waals surface area contributed by atoms with E-state index >= 15 is 0 Å². The first-order valence-corrected chi connectivity index (χ1v) is 10.3. The van der Waals surface area contributed by atoms with E-state index < -0.39 is 5.97 Å². The maximum absolute atomic E-state index is 12.7. The van der Waals surface area contributed by atoms with Crippen molar-refractivity contribution < 1.29 is 14.3 Å². The number of fused-ring (bicyclic) bond motifs is 2. The fourth-order valence-corrected chi connectivity index (χ4v) is 4.87. The summed E-state index contributed by atoms with van der Waals surface area (Å²) in [6.45, 7) is 4.92. The molecule has 1 atom stereocenters. The molecule has 8 heteroatoms. The van der Waals surface area contributed by atoms with Crippen LogP contribution in [0.3, 0.4) is 0 Å². The third-order valence-corrected chi connectivity index (χ3v) is 6.39. The van der Waals surface area contributed by atoms with Gasteiger partial charge in [-0.25, -0.2) is 9.78 Å². The molecule has 0 spiro atoms. The summed E-state index contributed by atoms with van der Waals surface area (Å²) in [5.41, 5.74) is 2.85. The summed E-state index contributed by atoms with van der Waals surface area (Å²) in [4.78, 5) is 35.9. The van der Waals surface area contributed by atoms with Crippen molar-refractivity contribution in [2.75, 3.05) is 25.2 Å². The average molecular weight is 413 g/mol. The van der Waals surface area contributed by atoms with Gasteiger partial charge in [0.2, 0.25) is 0 Å². The number of esters is 1. The predicted molar refractivity (Wildman–Crippen MR) is 113 cm³/mol. The van der Waals surface area contributed by atoms with Crippen LogP contribution in [0.4, 0.5) is 5.69 Å². The smallest absolute Gasteiger partial charge is 0.348 e. The molecule has 4 rings (SSSR count). The van der Waals surface area contributed by atoms with Crippen LogP contribution in [-0.4, -0.2) is 42.3 Å². The van der Waals surface area contributed by atoms with Crippen LogP contribution in [0.15, 0.2) is 29.1 Å². The van der Waals surface area contributed by atoms with Gasteiger partial charge < -0.3 is 19.4 Å². The number of benzene rings is 1. The van der Waals surface area contributed by atoms with Crippen LogP contribution in [-0.2, 0) is 22.4 Å². The number of thiophene rings is 1. The van der Waals surface area contributed by atoms with Crippen molar-refractivity contribution in [3.05, 3.63) is 56.4 Å². The van der Waals surface area contributed by atoms with Crippen molar-refractivity contribution in [2.45, 2.75) is 32.9 Å². The molecule has 0 fully saturated rings. The Morgan fingerprint density at radius 2 is 2.14 bits per heavy atom. The summed E-state index contributed by atoms with van der Waals surface area (Å²) in [5.74, 6) is 0.136. The van der Waals surface area contributed by atoms with Crippen LogP contribution < -0.4 is 10.5 Å². The number of aryl methyl sites for hydroxylation is 1. The molecule has 1 aliphatic rings. The van der Waals surface area contributed by atoms with E-state index in [0.29, 0.717) is 45.7 Å².